The van der Waals surface area contributed by atoms with Gasteiger partial charge in [-0.25, -0.2) is 0 Å². The van der Waals surface area contributed by atoms with E-state index in [-0.39, 0.29) is 11.9 Å². The highest BCUT2D eigenvalue weighted by molar-refractivity contribution is 5.80. The number of likely N-dealkylation sites (tertiary alicyclic amines) is 1. The summed E-state index contributed by atoms with van der Waals surface area (Å²) in [6.45, 7) is 7.86. The summed E-state index contributed by atoms with van der Waals surface area (Å²) in [7, 11) is 2.06. The average molecular weight is 328 g/mol. The molecule has 5 nitrogen and oxygen atoms in total. The quantitative estimate of drug-likeness (QED) is 0.865. The van der Waals surface area contributed by atoms with Crippen LogP contribution in [0.4, 0.5) is 0 Å². The maximum atomic E-state index is 13.1. The highest BCUT2D eigenvalue weighted by Gasteiger charge is 2.30. The third-order valence-corrected chi connectivity index (χ3v) is 5.31. The number of nitrogens with zero attached hydrogens (tertiary/aromatic N) is 4. The van der Waals surface area contributed by atoms with Crippen molar-refractivity contribution < 1.29 is 4.79 Å². The fourth-order valence-corrected chi connectivity index (χ4v) is 3.91. The molecule has 1 aliphatic heterocycles. The van der Waals surface area contributed by atoms with Crippen molar-refractivity contribution in [3.05, 3.63) is 41.0 Å². The molecule has 0 spiro atoms. The molecule has 1 unspecified atom stereocenters. The summed E-state index contributed by atoms with van der Waals surface area (Å²) in [6, 6.07) is 4.40. The van der Waals surface area contributed by atoms with Crippen LogP contribution in [-0.4, -0.2) is 31.7 Å². The monoisotopic (exact) mass is 328 g/mol. The maximum Gasteiger partial charge on any atom is 0.227 e. The van der Waals surface area contributed by atoms with Crippen LogP contribution in [0.2, 0.25) is 0 Å². The fraction of sp³-hybridized carbons (Fsp3) is 0.579. The van der Waals surface area contributed by atoms with Crippen LogP contribution in [0.3, 0.4) is 0 Å². The van der Waals surface area contributed by atoms with Crippen molar-refractivity contribution >= 4 is 5.91 Å². The van der Waals surface area contributed by atoms with Gasteiger partial charge in [0.25, 0.3) is 0 Å². The van der Waals surface area contributed by atoms with Gasteiger partial charge in [-0.1, -0.05) is 0 Å². The lowest BCUT2D eigenvalue weighted by Crippen LogP contribution is -2.40. The summed E-state index contributed by atoms with van der Waals surface area (Å²) >= 11 is 0. The normalized spacial score (nSPS) is 18.2. The van der Waals surface area contributed by atoms with E-state index in [1.54, 1.807) is 0 Å². The van der Waals surface area contributed by atoms with Crippen LogP contribution in [0.15, 0.2) is 18.3 Å². The Morgan fingerprint density at radius 1 is 1.33 bits per heavy atom. The third-order valence-electron chi connectivity index (χ3n) is 5.31. The average Bonchev–Trinajstić information content (AvgIpc) is 3.12. The molecular formula is C19H28N4O. The molecule has 24 heavy (non-hydrogen) atoms. The van der Waals surface area contributed by atoms with E-state index >= 15 is 0 Å². The summed E-state index contributed by atoms with van der Waals surface area (Å²) < 4.78 is 4.13. The van der Waals surface area contributed by atoms with Gasteiger partial charge in [0.1, 0.15) is 0 Å². The predicted octanol–water partition coefficient (Wildman–Crippen LogP) is 3.15. The molecule has 3 heterocycles. The number of piperidine rings is 1. The first kappa shape index (κ1) is 16.8. The fourth-order valence-electron chi connectivity index (χ4n) is 3.91. The molecule has 0 aromatic carbocycles. The molecule has 0 N–H and O–H groups in total. The van der Waals surface area contributed by atoms with Crippen molar-refractivity contribution in [3.8, 4) is 0 Å². The summed E-state index contributed by atoms with van der Waals surface area (Å²) in [4.78, 5) is 15.2. The predicted molar refractivity (Wildman–Crippen MR) is 94.8 cm³/mol. The van der Waals surface area contributed by atoms with Gasteiger partial charge in [0.2, 0.25) is 5.91 Å². The van der Waals surface area contributed by atoms with Gasteiger partial charge in [-0.2, -0.15) is 5.10 Å². The van der Waals surface area contributed by atoms with E-state index in [0.29, 0.717) is 6.42 Å². The summed E-state index contributed by atoms with van der Waals surface area (Å²) in [5, 5.41) is 4.55. The van der Waals surface area contributed by atoms with Gasteiger partial charge in [0.05, 0.1) is 18.2 Å². The molecule has 1 aliphatic rings. The molecule has 5 heteroatoms. The molecular weight excluding hydrogens is 300 g/mol. The Kier molecular flexibility index (Phi) is 4.78. The molecule has 0 bridgehead atoms. The van der Waals surface area contributed by atoms with E-state index in [4.69, 9.17) is 0 Å². The van der Waals surface area contributed by atoms with Crippen molar-refractivity contribution in [1.82, 2.24) is 19.2 Å². The van der Waals surface area contributed by atoms with Crippen LogP contribution in [0.5, 0.6) is 0 Å². The van der Waals surface area contributed by atoms with Crippen molar-refractivity contribution in [2.24, 2.45) is 7.05 Å². The van der Waals surface area contributed by atoms with Crippen LogP contribution in [0.1, 0.15) is 54.9 Å². The molecule has 3 rings (SSSR count). The Bertz CT molecular complexity index is 728. The summed E-state index contributed by atoms with van der Waals surface area (Å²) in [6.07, 6.45) is 5.85. The lowest BCUT2D eigenvalue weighted by atomic mass is 9.98. The van der Waals surface area contributed by atoms with Gasteiger partial charge in [-0.15, -0.1) is 0 Å². The smallest absolute Gasteiger partial charge is 0.227 e. The minimum atomic E-state index is 0.202. The van der Waals surface area contributed by atoms with Crippen molar-refractivity contribution in [1.29, 1.82) is 0 Å². The summed E-state index contributed by atoms with van der Waals surface area (Å²) in [5.74, 6) is 0.225. The first-order valence-electron chi connectivity index (χ1n) is 8.96. The molecule has 1 atom stereocenters. The molecule has 1 amide bonds. The van der Waals surface area contributed by atoms with E-state index in [2.05, 4.69) is 53.8 Å². The zero-order valence-corrected chi connectivity index (χ0v) is 15.2. The number of carbonyl (C=O) groups is 1. The molecule has 2 aromatic heterocycles. The zero-order chi connectivity index (χ0) is 17.3. The second-order valence-electron chi connectivity index (χ2n) is 6.78. The van der Waals surface area contributed by atoms with E-state index in [9.17, 15) is 4.79 Å². The van der Waals surface area contributed by atoms with Gasteiger partial charge in [-0.3, -0.25) is 9.48 Å². The second kappa shape index (κ2) is 6.83. The molecule has 1 saturated heterocycles. The largest absolute Gasteiger partial charge is 0.353 e. The third kappa shape index (κ3) is 2.99. The number of rotatable bonds is 4. The van der Waals surface area contributed by atoms with Gasteiger partial charge in [-0.05, 0) is 52.2 Å². The maximum absolute atomic E-state index is 13.1. The van der Waals surface area contributed by atoms with Gasteiger partial charge < -0.3 is 9.47 Å². The molecule has 0 saturated carbocycles. The first-order valence-corrected chi connectivity index (χ1v) is 8.96. The molecule has 1 fully saturated rings. The van der Waals surface area contributed by atoms with Crippen LogP contribution >= 0.6 is 0 Å². The van der Waals surface area contributed by atoms with E-state index < -0.39 is 0 Å². The Hall–Kier alpha value is -2.04. The van der Waals surface area contributed by atoms with E-state index in [1.165, 1.54) is 12.1 Å². The highest BCUT2D eigenvalue weighted by atomic mass is 16.2. The van der Waals surface area contributed by atoms with E-state index in [0.717, 1.165) is 42.9 Å². The van der Waals surface area contributed by atoms with E-state index in [1.807, 2.05) is 11.6 Å². The molecule has 2 aromatic rings. The molecule has 0 aliphatic carbocycles. The van der Waals surface area contributed by atoms with Gasteiger partial charge in [0, 0.05) is 43.3 Å². The number of aryl methyl sites for hydroxylation is 3. The lowest BCUT2D eigenvalue weighted by molar-refractivity contribution is -0.134. The van der Waals surface area contributed by atoms with Crippen molar-refractivity contribution in [3.63, 3.8) is 0 Å². The minimum Gasteiger partial charge on any atom is -0.353 e. The number of hydrogen-bond acceptors (Lipinski definition) is 2. The zero-order valence-electron chi connectivity index (χ0n) is 15.2. The topological polar surface area (TPSA) is 43.1 Å². The number of carbonyl (C=O) groups excluding carboxylic acids is 1. The van der Waals surface area contributed by atoms with Crippen molar-refractivity contribution in [2.75, 3.05) is 6.54 Å². The lowest BCUT2D eigenvalue weighted by Gasteiger charge is -2.36. The van der Waals surface area contributed by atoms with Crippen LogP contribution in [0, 0.1) is 13.8 Å². The first-order chi connectivity index (χ1) is 11.5. The minimum absolute atomic E-state index is 0.202. The highest BCUT2D eigenvalue weighted by Crippen LogP contribution is 2.31. The molecule has 0 radical (unpaired) electrons. The Morgan fingerprint density at radius 3 is 2.75 bits per heavy atom. The van der Waals surface area contributed by atoms with Crippen LogP contribution in [-0.2, 0) is 24.8 Å². The number of aromatic nitrogens is 3. The van der Waals surface area contributed by atoms with Crippen LogP contribution in [0.25, 0.3) is 0 Å². The van der Waals surface area contributed by atoms with Crippen LogP contribution < -0.4 is 0 Å². The standard InChI is InChI=1S/C19H28N4O/c1-5-23-15(3)16(14(2)20-23)13-19(24)22-12-7-6-9-18(22)17-10-8-11-21(17)4/h8,10-11,18H,5-7,9,12-13H2,1-4H3. The summed E-state index contributed by atoms with van der Waals surface area (Å²) in [5.41, 5.74) is 4.43. The Morgan fingerprint density at radius 2 is 2.12 bits per heavy atom. The number of hydrogen-bond donors (Lipinski definition) is 0. The van der Waals surface area contributed by atoms with Gasteiger partial charge >= 0.3 is 0 Å². The second-order valence-corrected chi connectivity index (χ2v) is 6.78. The SMILES string of the molecule is CCn1nc(C)c(CC(=O)N2CCCCC2c2cccn2C)c1C. The molecule has 130 valence electrons. The van der Waals surface area contributed by atoms with Gasteiger partial charge in [0.15, 0.2) is 0 Å². The Labute approximate surface area is 144 Å². The number of amides is 1. The Balaban J connectivity index is 1.83. The van der Waals surface area contributed by atoms with Crippen molar-refractivity contribution in [2.45, 2.75) is 59.0 Å².